The normalized spacial score (nSPS) is 19.3. The third kappa shape index (κ3) is 7.10. The van der Waals surface area contributed by atoms with Crippen LogP contribution in [0.2, 0.25) is 0 Å². The van der Waals surface area contributed by atoms with E-state index in [0.29, 0.717) is 30.6 Å². The number of carbonyl (C=O) groups is 1. The van der Waals surface area contributed by atoms with Crippen LogP contribution in [-0.4, -0.2) is 28.1 Å². The molecule has 1 aliphatic rings. The van der Waals surface area contributed by atoms with Gasteiger partial charge in [-0.3, -0.25) is 4.79 Å². The SMILES string of the molecule is CP(=O)([O-])ON1C(=O)/C(=C/C(=C/c2cccc(F)c2)C(F)(F)F)SC1=S.[Na+]. The molecule has 0 saturated carbocycles. The third-order valence-electron chi connectivity index (χ3n) is 2.77. The minimum absolute atomic E-state index is 0. The first kappa shape index (κ1) is 24.5. The second-order valence-electron chi connectivity index (χ2n) is 4.98. The van der Waals surface area contributed by atoms with Crippen LogP contribution in [0.5, 0.6) is 0 Å². The van der Waals surface area contributed by atoms with Crippen molar-refractivity contribution in [3.8, 4) is 0 Å². The molecule has 0 aromatic heterocycles. The molecule has 5 nitrogen and oxygen atoms in total. The van der Waals surface area contributed by atoms with E-state index in [2.05, 4.69) is 4.62 Å². The monoisotopic (exact) mass is 449 g/mol. The fourth-order valence-corrected chi connectivity index (χ4v) is 3.49. The molecule has 0 bridgehead atoms. The summed E-state index contributed by atoms with van der Waals surface area (Å²) in [6.45, 7) is 0.681. The molecule has 27 heavy (non-hydrogen) atoms. The molecule has 1 aromatic rings. The summed E-state index contributed by atoms with van der Waals surface area (Å²) in [5.41, 5.74) is -1.32. The average molecular weight is 449 g/mol. The molecule has 2 rings (SSSR count). The Morgan fingerprint density at radius 1 is 1.41 bits per heavy atom. The van der Waals surface area contributed by atoms with Crippen LogP contribution < -0.4 is 34.5 Å². The Labute approximate surface area is 183 Å². The van der Waals surface area contributed by atoms with Crippen molar-refractivity contribution in [1.82, 2.24) is 5.06 Å². The van der Waals surface area contributed by atoms with Gasteiger partial charge in [0.1, 0.15) is 5.82 Å². The number of thiocarbonyl (C=S) groups is 1. The quantitative estimate of drug-likeness (QED) is 0.221. The molecule has 1 atom stereocenters. The number of amides is 1. The molecule has 0 spiro atoms. The van der Waals surface area contributed by atoms with Crippen molar-refractivity contribution in [3.05, 3.63) is 52.2 Å². The van der Waals surface area contributed by atoms with Gasteiger partial charge >= 0.3 is 35.7 Å². The summed E-state index contributed by atoms with van der Waals surface area (Å²) in [5, 5.41) is 0.232. The number of allylic oxidation sites excluding steroid dienone is 2. The Hall–Kier alpha value is -0.520. The molecule has 0 radical (unpaired) electrons. The second-order valence-corrected chi connectivity index (χ2v) is 8.36. The summed E-state index contributed by atoms with van der Waals surface area (Å²) in [7, 11) is -4.39. The van der Waals surface area contributed by atoms with Gasteiger partial charge in [0, 0.05) is 6.66 Å². The summed E-state index contributed by atoms with van der Waals surface area (Å²) in [4.78, 5) is 22.7. The predicted octanol–water partition coefficient (Wildman–Crippen LogP) is 0.634. The van der Waals surface area contributed by atoms with Crippen molar-refractivity contribution in [1.29, 1.82) is 0 Å². The van der Waals surface area contributed by atoms with Gasteiger partial charge in [-0.1, -0.05) is 23.9 Å². The van der Waals surface area contributed by atoms with E-state index in [4.69, 9.17) is 12.2 Å². The number of alkyl halides is 3. The first-order chi connectivity index (χ1) is 11.9. The van der Waals surface area contributed by atoms with E-state index in [9.17, 15) is 31.8 Å². The minimum Gasteiger partial charge on any atom is -0.777 e. The van der Waals surface area contributed by atoms with Gasteiger partial charge in [-0.25, -0.2) is 9.01 Å². The molecule has 140 valence electrons. The summed E-state index contributed by atoms with van der Waals surface area (Å²) in [6.07, 6.45) is -3.71. The van der Waals surface area contributed by atoms with E-state index < -0.39 is 36.0 Å². The number of hydrogen-bond donors (Lipinski definition) is 0. The van der Waals surface area contributed by atoms with Gasteiger partial charge in [0.25, 0.3) is 5.91 Å². The van der Waals surface area contributed by atoms with Gasteiger partial charge in [0.15, 0.2) is 11.9 Å². The number of halogens is 4. The van der Waals surface area contributed by atoms with Crippen LogP contribution in [0.25, 0.3) is 6.08 Å². The number of hydroxylamine groups is 2. The zero-order valence-corrected chi connectivity index (χ0v) is 18.3. The number of rotatable bonds is 4. The molecule has 1 aliphatic heterocycles. The van der Waals surface area contributed by atoms with E-state index in [1.54, 1.807) is 0 Å². The van der Waals surface area contributed by atoms with Crippen molar-refractivity contribution < 1.29 is 66.0 Å². The van der Waals surface area contributed by atoms with Crippen LogP contribution in [0.1, 0.15) is 5.56 Å². The van der Waals surface area contributed by atoms with Crippen LogP contribution in [0.3, 0.4) is 0 Å². The molecule has 1 saturated heterocycles. The van der Waals surface area contributed by atoms with Gasteiger partial charge in [0.05, 0.1) is 10.5 Å². The Kier molecular flexibility index (Phi) is 8.46. The number of carbonyl (C=O) groups excluding carboxylic acids is 1. The van der Waals surface area contributed by atoms with Crippen LogP contribution in [-0.2, 0) is 14.0 Å². The molecule has 0 aliphatic carbocycles. The van der Waals surface area contributed by atoms with Crippen LogP contribution in [0, 0.1) is 5.82 Å². The number of benzene rings is 1. The van der Waals surface area contributed by atoms with Crippen LogP contribution in [0.4, 0.5) is 17.6 Å². The Balaban J connectivity index is 0.00000364. The molecule has 1 aromatic carbocycles. The number of hydrogen-bond acceptors (Lipinski definition) is 6. The van der Waals surface area contributed by atoms with Gasteiger partial charge in [-0.2, -0.15) is 18.2 Å². The van der Waals surface area contributed by atoms with Gasteiger partial charge in [0.2, 0.25) is 0 Å². The molecule has 1 unspecified atom stereocenters. The van der Waals surface area contributed by atoms with Crippen molar-refractivity contribution in [2.45, 2.75) is 6.18 Å². The summed E-state index contributed by atoms with van der Waals surface area (Å²) in [5.74, 6) is -1.87. The third-order valence-corrected chi connectivity index (χ3v) is 4.50. The molecule has 1 amide bonds. The molecule has 0 N–H and O–H groups in total. The van der Waals surface area contributed by atoms with Crippen molar-refractivity contribution in [2.75, 3.05) is 6.66 Å². The first-order valence-corrected chi connectivity index (χ1v) is 9.89. The Morgan fingerprint density at radius 3 is 2.56 bits per heavy atom. The Bertz CT molecular complexity index is 869. The summed E-state index contributed by atoms with van der Waals surface area (Å²) in [6, 6.07) is 4.44. The maximum absolute atomic E-state index is 13.3. The van der Waals surface area contributed by atoms with Gasteiger partial charge in [-0.05, 0) is 42.1 Å². The van der Waals surface area contributed by atoms with Crippen molar-refractivity contribution in [3.63, 3.8) is 0 Å². The van der Waals surface area contributed by atoms with Crippen molar-refractivity contribution in [2.24, 2.45) is 0 Å². The topological polar surface area (TPSA) is 69.7 Å². The summed E-state index contributed by atoms with van der Waals surface area (Å²) < 4.78 is 68.1. The zero-order chi connectivity index (χ0) is 19.7. The van der Waals surface area contributed by atoms with Gasteiger partial charge in [-0.15, -0.1) is 0 Å². The zero-order valence-electron chi connectivity index (χ0n) is 13.8. The second kappa shape index (κ2) is 9.32. The van der Waals surface area contributed by atoms with E-state index in [-0.39, 0.29) is 44.5 Å². The molecular weight excluding hydrogens is 440 g/mol. The molecule has 13 heteroatoms. The maximum atomic E-state index is 13.3. The molecule has 1 fully saturated rings. The van der Waals surface area contributed by atoms with Gasteiger partial charge < -0.3 is 9.46 Å². The summed E-state index contributed by atoms with van der Waals surface area (Å²) >= 11 is 5.20. The smallest absolute Gasteiger partial charge is 0.777 e. The first-order valence-electron chi connectivity index (χ1n) is 6.67. The minimum atomic E-state index is -4.85. The largest absolute Gasteiger partial charge is 1.00 e. The average Bonchev–Trinajstić information content (AvgIpc) is 2.72. The standard InChI is InChI=1S/C14H10F4NO4PS2.Na/c1-24(21,22)23-19-12(20)11(26-13(19)25)7-9(14(16,17)18)5-8-3-2-4-10(15)6-8;/h2-7H,1H3,(H,21,22);/q;+1/p-1/b9-5-,11-7-;. The number of nitrogens with zero attached hydrogens (tertiary/aromatic N) is 1. The van der Waals surface area contributed by atoms with E-state index in [0.717, 1.165) is 12.1 Å². The van der Waals surface area contributed by atoms with Crippen LogP contribution >= 0.6 is 31.6 Å². The fourth-order valence-electron chi connectivity index (χ4n) is 1.79. The van der Waals surface area contributed by atoms with Crippen molar-refractivity contribution >= 4 is 47.9 Å². The molecule has 1 heterocycles. The van der Waals surface area contributed by atoms with Crippen LogP contribution in [0.15, 0.2) is 40.8 Å². The molecular formula is C14H9F4NNaO4PS2. The maximum Gasteiger partial charge on any atom is 1.00 e. The Morgan fingerprint density at radius 2 is 2.04 bits per heavy atom. The van der Waals surface area contributed by atoms with E-state index in [1.165, 1.54) is 12.1 Å². The van der Waals surface area contributed by atoms with E-state index in [1.807, 2.05) is 0 Å². The van der Waals surface area contributed by atoms with E-state index >= 15 is 0 Å². The predicted molar refractivity (Wildman–Crippen MR) is 90.2 cm³/mol. The fraction of sp³-hybridized carbons (Fsp3) is 0.143. The number of thioether (sulfide) groups is 1.